The molecule has 1 N–H and O–H groups in total. The van der Waals surface area contributed by atoms with Crippen molar-refractivity contribution in [3.05, 3.63) is 112 Å². The molecular formula is C29H26Cl2N4O3S. The minimum Gasteiger partial charge on any atom is -0.369 e. The summed E-state index contributed by atoms with van der Waals surface area (Å²) in [5.74, 6) is -0.731. The lowest BCUT2D eigenvalue weighted by molar-refractivity contribution is 0.0981. The number of sulfonamides is 1. The molecule has 0 bridgehead atoms. The van der Waals surface area contributed by atoms with Gasteiger partial charge >= 0.3 is 0 Å². The molecule has 3 aromatic carbocycles. The number of hydrogen-bond acceptors (Lipinski definition) is 6. The molecule has 5 rings (SSSR count). The molecular weight excluding hydrogens is 555 g/mol. The number of halogens is 2. The Bertz CT molecular complexity index is 1570. The molecule has 0 saturated carbocycles. The minimum atomic E-state index is -4.14. The van der Waals surface area contributed by atoms with Crippen LogP contribution in [0, 0.1) is 0 Å². The van der Waals surface area contributed by atoms with Crippen LogP contribution in [0.3, 0.4) is 0 Å². The summed E-state index contributed by atoms with van der Waals surface area (Å²) in [5, 5.41) is 0.529. The Morgan fingerprint density at radius 1 is 0.846 bits per heavy atom. The molecule has 0 radical (unpaired) electrons. The maximum Gasteiger partial charge on any atom is 0.267 e. The predicted octanol–water partition coefficient (Wildman–Crippen LogP) is 5.50. The Morgan fingerprint density at radius 2 is 1.54 bits per heavy atom. The molecule has 2 heterocycles. The Hall–Kier alpha value is -3.43. The Balaban J connectivity index is 1.19. The lowest BCUT2D eigenvalue weighted by Gasteiger charge is -2.36. The monoisotopic (exact) mass is 580 g/mol. The fourth-order valence-electron chi connectivity index (χ4n) is 4.61. The number of piperazine rings is 1. The minimum absolute atomic E-state index is 0.194. The second-order valence-corrected chi connectivity index (χ2v) is 11.6. The standard InChI is InChI=1S/C29H26Cl2N4O3S/c30-24-11-7-21(8-12-24)26-5-2-1-4-23(26)20-34-16-18-35(19-17-34)25-13-9-22(10-14-25)29(36)33-39(37,38)27-6-3-15-32-28(27)31/h1-15H,16-20H2,(H,33,36). The highest BCUT2D eigenvalue weighted by molar-refractivity contribution is 7.90. The number of amides is 1. The quantitative estimate of drug-likeness (QED) is 0.291. The summed E-state index contributed by atoms with van der Waals surface area (Å²) in [4.78, 5) is 20.8. The Kier molecular flexibility index (Phi) is 8.18. The van der Waals surface area contributed by atoms with E-state index in [1.165, 1.54) is 29.5 Å². The maximum atomic E-state index is 12.6. The van der Waals surface area contributed by atoms with Crippen LogP contribution in [0.4, 0.5) is 5.69 Å². The number of aromatic nitrogens is 1. The van der Waals surface area contributed by atoms with Gasteiger partial charge in [-0.1, -0.05) is 59.6 Å². The lowest BCUT2D eigenvalue weighted by Crippen LogP contribution is -2.46. The van der Waals surface area contributed by atoms with Crippen molar-refractivity contribution in [2.24, 2.45) is 0 Å². The summed E-state index contributed by atoms with van der Waals surface area (Å²) in [7, 11) is -4.14. The Labute approximate surface area is 238 Å². The largest absolute Gasteiger partial charge is 0.369 e. The number of benzene rings is 3. The molecule has 1 aliphatic rings. The third kappa shape index (κ3) is 6.42. The van der Waals surface area contributed by atoms with Crippen molar-refractivity contribution < 1.29 is 13.2 Å². The first-order chi connectivity index (χ1) is 18.8. The average Bonchev–Trinajstić information content (AvgIpc) is 2.94. The molecule has 1 amide bonds. The van der Waals surface area contributed by atoms with Crippen molar-refractivity contribution in [1.82, 2.24) is 14.6 Å². The van der Waals surface area contributed by atoms with Crippen LogP contribution in [-0.2, 0) is 16.6 Å². The number of carbonyl (C=O) groups excluding carboxylic acids is 1. The van der Waals surface area contributed by atoms with Crippen LogP contribution >= 0.6 is 23.2 Å². The molecule has 7 nitrogen and oxygen atoms in total. The zero-order chi connectivity index (χ0) is 27.4. The van der Waals surface area contributed by atoms with Gasteiger partial charge in [-0.25, -0.2) is 18.1 Å². The van der Waals surface area contributed by atoms with E-state index in [0.717, 1.165) is 49.0 Å². The summed E-state index contributed by atoms with van der Waals surface area (Å²) < 4.78 is 27.2. The lowest BCUT2D eigenvalue weighted by atomic mass is 9.99. The van der Waals surface area contributed by atoms with Crippen molar-refractivity contribution in [2.45, 2.75) is 11.4 Å². The molecule has 10 heteroatoms. The molecule has 0 spiro atoms. The van der Waals surface area contributed by atoms with Gasteiger partial charge in [0.25, 0.3) is 15.9 Å². The molecule has 0 atom stereocenters. The van der Waals surface area contributed by atoms with E-state index in [9.17, 15) is 13.2 Å². The van der Waals surface area contributed by atoms with Crippen molar-refractivity contribution in [1.29, 1.82) is 0 Å². The molecule has 1 aliphatic heterocycles. The van der Waals surface area contributed by atoms with Gasteiger partial charge in [-0.15, -0.1) is 0 Å². The second kappa shape index (κ2) is 11.8. The molecule has 200 valence electrons. The SMILES string of the molecule is O=C(NS(=O)(=O)c1cccnc1Cl)c1ccc(N2CCN(Cc3ccccc3-c3ccc(Cl)cc3)CC2)cc1. The van der Waals surface area contributed by atoms with E-state index in [2.05, 4.69) is 43.8 Å². The average molecular weight is 582 g/mol. The van der Waals surface area contributed by atoms with Crippen LogP contribution in [0.15, 0.2) is 96.0 Å². The zero-order valence-corrected chi connectivity index (χ0v) is 23.3. The van der Waals surface area contributed by atoms with E-state index in [1.54, 1.807) is 12.1 Å². The van der Waals surface area contributed by atoms with Gasteiger partial charge in [-0.2, -0.15) is 0 Å². The van der Waals surface area contributed by atoms with Crippen molar-refractivity contribution in [2.75, 3.05) is 31.1 Å². The molecule has 1 saturated heterocycles. The molecule has 1 fully saturated rings. The topological polar surface area (TPSA) is 82.6 Å². The molecule has 39 heavy (non-hydrogen) atoms. The van der Waals surface area contributed by atoms with Crippen LogP contribution in [0.2, 0.25) is 10.2 Å². The summed E-state index contributed by atoms with van der Waals surface area (Å²) in [5.41, 5.74) is 4.84. The molecule has 0 aliphatic carbocycles. The van der Waals surface area contributed by atoms with Gasteiger partial charge in [0.2, 0.25) is 0 Å². The summed E-state index contributed by atoms with van der Waals surface area (Å²) in [6, 6.07) is 26.0. The fraction of sp³-hybridized carbons (Fsp3) is 0.172. The van der Waals surface area contributed by atoms with E-state index in [4.69, 9.17) is 23.2 Å². The zero-order valence-electron chi connectivity index (χ0n) is 20.9. The number of hydrogen-bond donors (Lipinski definition) is 1. The van der Waals surface area contributed by atoms with Gasteiger partial charge in [0, 0.05) is 55.2 Å². The number of nitrogens with zero attached hydrogens (tertiary/aromatic N) is 3. The number of pyridine rings is 1. The highest BCUT2D eigenvalue weighted by Crippen LogP contribution is 2.27. The fourth-order valence-corrected chi connectivity index (χ4v) is 6.16. The molecule has 4 aromatic rings. The summed E-state index contributed by atoms with van der Waals surface area (Å²) in [6.45, 7) is 4.30. The van der Waals surface area contributed by atoms with E-state index >= 15 is 0 Å². The van der Waals surface area contributed by atoms with E-state index in [-0.39, 0.29) is 15.6 Å². The van der Waals surface area contributed by atoms with Crippen molar-refractivity contribution in [3.8, 4) is 11.1 Å². The van der Waals surface area contributed by atoms with Crippen molar-refractivity contribution in [3.63, 3.8) is 0 Å². The first kappa shape index (κ1) is 27.1. The first-order valence-corrected chi connectivity index (χ1v) is 14.6. The van der Waals surface area contributed by atoms with Crippen molar-refractivity contribution >= 4 is 44.8 Å². The smallest absolute Gasteiger partial charge is 0.267 e. The Morgan fingerprint density at radius 3 is 2.23 bits per heavy atom. The van der Waals surface area contributed by atoms with E-state index in [1.807, 2.05) is 36.4 Å². The van der Waals surface area contributed by atoms with Gasteiger partial charge in [-0.05, 0) is 65.2 Å². The number of carbonyl (C=O) groups is 1. The maximum absolute atomic E-state index is 12.6. The highest BCUT2D eigenvalue weighted by Gasteiger charge is 2.23. The van der Waals surface area contributed by atoms with E-state index in [0.29, 0.717) is 0 Å². The van der Waals surface area contributed by atoms with Crippen LogP contribution < -0.4 is 9.62 Å². The van der Waals surface area contributed by atoms with Gasteiger partial charge in [0.1, 0.15) is 10.0 Å². The van der Waals surface area contributed by atoms with E-state index < -0.39 is 15.9 Å². The first-order valence-electron chi connectivity index (χ1n) is 12.4. The van der Waals surface area contributed by atoms with Gasteiger partial charge in [0.15, 0.2) is 0 Å². The van der Waals surface area contributed by atoms with Gasteiger partial charge < -0.3 is 4.90 Å². The number of rotatable bonds is 7. The van der Waals surface area contributed by atoms with Gasteiger partial charge in [0.05, 0.1) is 0 Å². The van der Waals surface area contributed by atoms with Crippen LogP contribution in [-0.4, -0.2) is 50.4 Å². The number of nitrogens with one attached hydrogen (secondary N) is 1. The van der Waals surface area contributed by atoms with Crippen LogP contribution in [0.5, 0.6) is 0 Å². The van der Waals surface area contributed by atoms with Crippen LogP contribution in [0.1, 0.15) is 15.9 Å². The second-order valence-electron chi connectivity index (χ2n) is 9.20. The summed E-state index contributed by atoms with van der Waals surface area (Å²) in [6.07, 6.45) is 1.38. The number of anilines is 1. The molecule has 1 aromatic heterocycles. The highest BCUT2D eigenvalue weighted by atomic mass is 35.5. The van der Waals surface area contributed by atoms with Gasteiger partial charge in [-0.3, -0.25) is 9.69 Å². The normalized spacial score (nSPS) is 14.3. The molecule has 0 unspecified atom stereocenters. The third-order valence-electron chi connectivity index (χ3n) is 6.67. The predicted molar refractivity (Wildman–Crippen MR) is 155 cm³/mol. The third-order valence-corrected chi connectivity index (χ3v) is 8.70. The summed E-state index contributed by atoms with van der Waals surface area (Å²) >= 11 is 12.0. The van der Waals surface area contributed by atoms with Crippen LogP contribution in [0.25, 0.3) is 11.1 Å².